The highest BCUT2D eigenvalue weighted by Crippen LogP contribution is 2.41. The first-order valence-electron chi connectivity index (χ1n) is 5.93. The number of aliphatic hydroxyl groups is 1. The van der Waals surface area contributed by atoms with Gasteiger partial charge in [0.25, 0.3) is 11.6 Å². The molecule has 116 valence electrons. The fraction of sp³-hybridized carbons (Fsp3) is 0.545. The fourth-order valence-electron chi connectivity index (χ4n) is 1.99. The van der Waals surface area contributed by atoms with Crippen LogP contribution < -0.4 is 0 Å². The van der Waals surface area contributed by atoms with Gasteiger partial charge in [-0.15, -0.1) is 0 Å². The van der Waals surface area contributed by atoms with Crippen LogP contribution in [-0.2, 0) is 4.79 Å². The second-order valence-electron chi connectivity index (χ2n) is 4.79. The molecule has 1 aliphatic rings. The van der Waals surface area contributed by atoms with Gasteiger partial charge in [-0.3, -0.25) is 9.48 Å². The molecule has 1 N–H and O–H groups in total. The third-order valence-electron chi connectivity index (χ3n) is 3.11. The van der Waals surface area contributed by atoms with Crippen LogP contribution in [0, 0.1) is 0 Å². The van der Waals surface area contributed by atoms with E-state index in [9.17, 15) is 23.1 Å². The molecular formula is C11H12BrF3N4O2. The minimum atomic E-state index is -5.01. The predicted molar refractivity (Wildman–Crippen MR) is 70.2 cm³/mol. The maximum Gasteiger partial charge on any atom is 0.438 e. The van der Waals surface area contributed by atoms with E-state index in [-0.39, 0.29) is 10.7 Å². The Kier molecular flexibility index (Phi) is 3.87. The highest BCUT2D eigenvalue weighted by atomic mass is 79.9. The second kappa shape index (κ2) is 5.09. The summed E-state index contributed by atoms with van der Waals surface area (Å²) in [7, 11) is 0. The van der Waals surface area contributed by atoms with Crippen molar-refractivity contribution in [2.75, 3.05) is 0 Å². The molecule has 2 rings (SSSR count). The average molecular weight is 369 g/mol. The van der Waals surface area contributed by atoms with Gasteiger partial charge in [-0.25, -0.2) is 0 Å². The Labute approximate surface area is 126 Å². The molecule has 6 nitrogen and oxygen atoms in total. The van der Waals surface area contributed by atoms with E-state index in [0.29, 0.717) is 4.47 Å². The average Bonchev–Trinajstić information content (AvgIpc) is 2.91. The molecule has 2 heterocycles. The molecule has 0 saturated carbocycles. The summed E-state index contributed by atoms with van der Waals surface area (Å²) in [4.78, 5) is 12.2. The summed E-state index contributed by atoms with van der Waals surface area (Å²) in [6, 6.07) is -1.04. The molecular weight excluding hydrogens is 357 g/mol. The molecule has 0 fully saturated rings. The highest BCUT2D eigenvalue weighted by Gasteiger charge is 2.63. The molecule has 0 saturated heterocycles. The summed E-state index contributed by atoms with van der Waals surface area (Å²) in [5, 5.41) is 17.3. The molecule has 0 bridgehead atoms. The molecule has 1 aliphatic heterocycles. The second-order valence-corrected chi connectivity index (χ2v) is 5.71. The van der Waals surface area contributed by atoms with E-state index in [2.05, 4.69) is 26.1 Å². The first-order chi connectivity index (χ1) is 9.56. The Hall–Kier alpha value is -1.42. The molecule has 10 heteroatoms. The molecule has 2 atom stereocenters. The van der Waals surface area contributed by atoms with Crippen molar-refractivity contribution in [3.8, 4) is 0 Å². The van der Waals surface area contributed by atoms with Crippen molar-refractivity contribution in [2.24, 2.45) is 5.10 Å². The summed E-state index contributed by atoms with van der Waals surface area (Å²) in [5.74, 6) is -0.998. The number of carbonyl (C=O) groups is 1. The Morgan fingerprint density at radius 2 is 2.19 bits per heavy atom. The molecule has 0 aromatic carbocycles. The zero-order valence-corrected chi connectivity index (χ0v) is 12.7. The van der Waals surface area contributed by atoms with Crippen molar-refractivity contribution >= 4 is 27.5 Å². The zero-order valence-electron chi connectivity index (χ0n) is 11.1. The molecule has 0 unspecified atom stereocenters. The van der Waals surface area contributed by atoms with Crippen LogP contribution in [0.4, 0.5) is 13.2 Å². The lowest BCUT2D eigenvalue weighted by Crippen LogP contribution is -2.57. The Balaban J connectivity index is 2.32. The van der Waals surface area contributed by atoms with Crippen LogP contribution >= 0.6 is 15.9 Å². The van der Waals surface area contributed by atoms with Gasteiger partial charge in [0.1, 0.15) is 6.04 Å². The lowest BCUT2D eigenvalue weighted by molar-refractivity contribution is -0.303. The quantitative estimate of drug-likeness (QED) is 0.868. The number of hydrogen-bond donors (Lipinski definition) is 1. The minimum absolute atomic E-state index is 0.0250. The lowest BCUT2D eigenvalue weighted by atomic mass is 10.1. The summed E-state index contributed by atoms with van der Waals surface area (Å²) in [6.45, 7) is 2.70. The first-order valence-corrected chi connectivity index (χ1v) is 6.72. The SMILES string of the molecule is CC1=NN(C(=O)[C@@H](C)n2cc(Br)cn2)[C@](O)(C(F)(F)F)C1. The maximum absolute atomic E-state index is 13.1. The number of halogens is 4. The van der Waals surface area contributed by atoms with Crippen molar-refractivity contribution < 1.29 is 23.1 Å². The Bertz CT molecular complexity index is 601. The number of hydrazone groups is 1. The molecule has 0 radical (unpaired) electrons. The molecule has 1 aromatic rings. The van der Waals surface area contributed by atoms with Crippen LogP contribution in [-0.4, -0.2) is 43.4 Å². The number of aromatic nitrogens is 2. The summed E-state index contributed by atoms with van der Waals surface area (Å²) >= 11 is 3.13. The van der Waals surface area contributed by atoms with Crippen LogP contribution in [0.5, 0.6) is 0 Å². The third-order valence-corrected chi connectivity index (χ3v) is 3.52. The largest absolute Gasteiger partial charge is 0.438 e. The molecule has 1 aromatic heterocycles. The number of hydrogen-bond acceptors (Lipinski definition) is 4. The molecule has 0 aliphatic carbocycles. The fourth-order valence-corrected chi connectivity index (χ4v) is 2.29. The molecule has 0 spiro atoms. The van der Waals surface area contributed by atoms with E-state index in [1.165, 1.54) is 30.9 Å². The third kappa shape index (κ3) is 2.69. The van der Waals surface area contributed by atoms with E-state index in [4.69, 9.17) is 0 Å². The van der Waals surface area contributed by atoms with Gasteiger partial charge in [-0.05, 0) is 29.8 Å². The molecule has 1 amide bonds. The van der Waals surface area contributed by atoms with Gasteiger partial charge in [0, 0.05) is 18.3 Å². The predicted octanol–water partition coefficient (Wildman–Crippen LogP) is 2.07. The molecule has 21 heavy (non-hydrogen) atoms. The van der Waals surface area contributed by atoms with Crippen LogP contribution in [0.1, 0.15) is 26.3 Å². The number of alkyl halides is 3. The van der Waals surface area contributed by atoms with Crippen molar-refractivity contribution in [2.45, 2.75) is 38.2 Å². The maximum atomic E-state index is 13.1. The first kappa shape index (κ1) is 16.0. The van der Waals surface area contributed by atoms with Crippen molar-refractivity contribution in [3.63, 3.8) is 0 Å². The summed E-state index contributed by atoms with van der Waals surface area (Å²) in [5.41, 5.74) is -3.29. The Morgan fingerprint density at radius 1 is 1.57 bits per heavy atom. The topological polar surface area (TPSA) is 70.7 Å². The van der Waals surface area contributed by atoms with Crippen LogP contribution in [0.2, 0.25) is 0 Å². The highest BCUT2D eigenvalue weighted by molar-refractivity contribution is 9.10. The van der Waals surface area contributed by atoms with E-state index < -0.39 is 30.3 Å². The normalized spacial score (nSPS) is 24.1. The van der Waals surface area contributed by atoms with E-state index in [0.717, 1.165) is 0 Å². The van der Waals surface area contributed by atoms with Gasteiger partial charge in [0.05, 0.1) is 10.7 Å². The smallest absolute Gasteiger partial charge is 0.362 e. The lowest BCUT2D eigenvalue weighted by Gasteiger charge is -2.33. The number of amides is 1. The van der Waals surface area contributed by atoms with Gasteiger partial charge in [0.2, 0.25) is 0 Å². The number of rotatable bonds is 2. The number of nitrogens with zero attached hydrogens (tertiary/aromatic N) is 4. The van der Waals surface area contributed by atoms with Gasteiger partial charge in [-0.2, -0.15) is 28.4 Å². The van der Waals surface area contributed by atoms with Crippen molar-refractivity contribution in [1.29, 1.82) is 0 Å². The van der Waals surface area contributed by atoms with Crippen molar-refractivity contribution in [1.82, 2.24) is 14.8 Å². The monoisotopic (exact) mass is 368 g/mol. The van der Waals surface area contributed by atoms with Gasteiger partial charge >= 0.3 is 6.18 Å². The Morgan fingerprint density at radius 3 is 2.67 bits per heavy atom. The van der Waals surface area contributed by atoms with Crippen molar-refractivity contribution in [3.05, 3.63) is 16.9 Å². The van der Waals surface area contributed by atoms with Gasteiger partial charge in [0.15, 0.2) is 0 Å². The zero-order chi connectivity index (χ0) is 16.0. The summed E-state index contributed by atoms with van der Waals surface area (Å²) < 4.78 is 40.9. The standard InChI is InChI=1S/C11H12BrF3N4O2/c1-6-3-10(21,11(13,14)15)19(17-6)9(20)7(2)18-5-8(12)4-16-18/h4-5,7,21H,3H2,1-2H3/t7-,10-/m1/s1. The van der Waals surface area contributed by atoms with Crippen LogP contribution in [0.15, 0.2) is 22.0 Å². The summed E-state index contributed by atoms with van der Waals surface area (Å²) in [6.07, 6.45) is -2.92. The minimum Gasteiger partial charge on any atom is -0.362 e. The van der Waals surface area contributed by atoms with Crippen LogP contribution in [0.25, 0.3) is 0 Å². The van der Waals surface area contributed by atoms with E-state index >= 15 is 0 Å². The number of carbonyl (C=O) groups excluding carboxylic acids is 1. The van der Waals surface area contributed by atoms with E-state index in [1.54, 1.807) is 0 Å². The van der Waals surface area contributed by atoms with Crippen LogP contribution in [0.3, 0.4) is 0 Å². The van der Waals surface area contributed by atoms with E-state index in [1.807, 2.05) is 0 Å². The van der Waals surface area contributed by atoms with Gasteiger partial charge < -0.3 is 5.11 Å². The van der Waals surface area contributed by atoms with Gasteiger partial charge in [-0.1, -0.05) is 0 Å².